The van der Waals surface area contributed by atoms with Gasteiger partial charge in [-0.2, -0.15) is 15.2 Å². The number of aromatic nitrogens is 4. The van der Waals surface area contributed by atoms with E-state index in [1.807, 2.05) is 11.0 Å². The summed E-state index contributed by atoms with van der Waals surface area (Å²) in [6, 6.07) is 8.42. The van der Waals surface area contributed by atoms with E-state index in [4.69, 9.17) is 4.74 Å². The van der Waals surface area contributed by atoms with Crippen LogP contribution >= 0.6 is 0 Å². The number of ether oxygens (including phenoxy) is 1. The lowest BCUT2D eigenvalue weighted by Crippen LogP contribution is -2.37. The SMILES string of the molecule is CS(=O)(=O)c1ccc(-n2cnc3c(N4CCOCC4)nc(C#N)nc32)cc1. The lowest BCUT2D eigenvalue weighted by Gasteiger charge is -2.27. The number of hydrogen-bond donors (Lipinski definition) is 0. The fourth-order valence-corrected chi connectivity index (χ4v) is 3.60. The molecule has 1 aliphatic heterocycles. The molecule has 0 N–H and O–H groups in total. The number of morpholine rings is 1. The van der Waals surface area contributed by atoms with Gasteiger partial charge in [-0.1, -0.05) is 0 Å². The number of fused-ring (bicyclic) bond motifs is 1. The van der Waals surface area contributed by atoms with Crippen molar-refractivity contribution in [3.63, 3.8) is 0 Å². The van der Waals surface area contributed by atoms with Crippen LogP contribution in [0.1, 0.15) is 5.82 Å². The number of rotatable bonds is 3. The Hall–Kier alpha value is -3.03. The van der Waals surface area contributed by atoms with Crippen LogP contribution in [0.4, 0.5) is 5.82 Å². The average molecular weight is 384 g/mol. The molecule has 9 nitrogen and oxygen atoms in total. The van der Waals surface area contributed by atoms with Crippen molar-refractivity contribution in [3.05, 3.63) is 36.4 Å². The molecule has 1 saturated heterocycles. The molecule has 0 unspecified atom stereocenters. The maximum Gasteiger partial charge on any atom is 0.236 e. The normalized spacial score (nSPS) is 15.0. The molecule has 4 rings (SSSR count). The first-order valence-electron chi connectivity index (χ1n) is 8.26. The smallest absolute Gasteiger partial charge is 0.236 e. The summed E-state index contributed by atoms with van der Waals surface area (Å²) in [6.45, 7) is 2.49. The van der Waals surface area contributed by atoms with Gasteiger partial charge in [0.15, 0.2) is 26.8 Å². The molecule has 2 aromatic heterocycles. The lowest BCUT2D eigenvalue weighted by atomic mass is 10.3. The highest BCUT2D eigenvalue weighted by molar-refractivity contribution is 7.90. The summed E-state index contributed by atoms with van der Waals surface area (Å²) in [6.07, 6.45) is 2.76. The maximum atomic E-state index is 11.7. The molecule has 0 amide bonds. The third-order valence-electron chi connectivity index (χ3n) is 4.33. The van der Waals surface area contributed by atoms with Gasteiger partial charge in [0.25, 0.3) is 0 Å². The Morgan fingerprint density at radius 1 is 1.15 bits per heavy atom. The number of nitrogens with zero attached hydrogens (tertiary/aromatic N) is 6. The summed E-state index contributed by atoms with van der Waals surface area (Å²) in [5.41, 5.74) is 1.78. The summed E-state index contributed by atoms with van der Waals surface area (Å²) in [4.78, 5) is 15.4. The Balaban J connectivity index is 1.84. The highest BCUT2D eigenvalue weighted by atomic mass is 32.2. The highest BCUT2D eigenvalue weighted by Crippen LogP contribution is 2.26. The zero-order chi connectivity index (χ0) is 19.0. The van der Waals surface area contributed by atoms with Crippen LogP contribution < -0.4 is 4.90 Å². The van der Waals surface area contributed by atoms with Crippen molar-refractivity contribution in [1.82, 2.24) is 19.5 Å². The first-order valence-corrected chi connectivity index (χ1v) is 10.1. The number of benzene rings is 1. The molecule has 0 saturated carbocycles. The Morgan fingerprint density at radius 2 is 1.85 bits per heavy atom. The standard InChI is InChI=1S/C17H16N6O3S/c1-27(24,25)13-4-2-12(3-5-13)23-11-19-15-16(22-6-8-26-9-7-22)20-14(10-18)21-17(15)23/h2-5,11H,6-9H2,1H3. The molecule has 3 heterocycles. The van der Waals surface area contributed by atoms with Crippen molar-refractivity contribution in [1.29, 1.82) is 5.26 Å². The van der Waals surface area contributed by atoms with Crippen molar-refractivity contribution in [3.8, 4) is 11.8 Å². The number of hydrogen-bond acceptors (Lipinski definition) is 8. The topological polar surface area (TPSA) is 114 Å². The Morgan fingerprint density at radius 3 is 2.48 bits per heavy atom. The molecule has 0 radical (unpaired) electrons. The van der Waals surface area contributed by atoms with E-state index in [-0.39, 0.29) is 10.7 Å². The maximum absolute atomic E-state index is 11.7. The van der Waals surface area contributed by atoms with Gasteiger partial charge in [-0.05, 0) is 24.3 Å². The molecular weight excluding hydrogens is 368 g/mol. The lowest BCUT2D eigenvalue weighted by molar-refractivity contribution is 0.122. The molecule has 27 heavy (non-hydrogen) atoms. The van der Waals surface area contributed by atoms with Gasteiger partial charge in [-0.25, -0.2) is 13.4 Å². The Bertz CT molecular complexity index is 1140. The largest absolute Gasteiger partial charge is 0.378 e. The van der Waals surface area contributed by atoms with Gasteiger partial charge in [-0.15, -0.1) is 0 Å². The Labute approximate surface area is 155 Å². The van der Waals surface area contributed by atoms with Crippen LogP contribution in [0.15, 0.2) is 35.5 Å². The van der Waals surface area contributed by atoms with Crippen LogP contribution in [-0.2, 0) is 14.6 Å². The summed E-state index contributed by atoms with van der Waals surface area (Å²) in [5, 5.41) is 9.33. The van der Waals surface area contributed by atoms with Crippen molar-refractivity contribution < 1.29 is 13.2 Å². The van der Waals surface area contributed by atoms with Crippen LogP contribution in [-0.4, -0.2) is 60.5 Å². The van der Waals surface area contributed by atoms with E-state index in [9.17, 15) is 13.7 Å². The predicted molar refractivity (Wildman–Crippen MR) is 97.5 cm³/mol. The molecule has 0 atom stereocenters. The van der Waals surface area contributed by atoms with Gasteiger partial charge in [0.1, 0.15) is 12.4 Å². The minimum Gasteiger partial charge on any atom is -0.378 e. The second-order valence-corrected chi connectivity index (χ2v) is 8.15. The molecule has 0 aliphatic carbocycles. The quantitative estimate of drug-likeness (QED) is 0.655. The second kappa shape index (κ2) is 6.61. The van der Waals surface area contributed by atoms with Gasteiger partial charge in [0, 0.05) is 25.0 Å². The zero-order valence-electron chi connectivity index (χ0n) is 14.5. The highest BCUT2D eigenvalue weighted by Gasteiger charge is 2.21. The van der Waals surface area contributed by atoms with Gasteiger partial charge in [0.2, 0.25) is 5.82 Å². The van der Waals surface area contributed by atoms with Crippen molar-refractivity contribution in [2.24, 2.45) is 0 Å². The van der Waals surface area contributed by atoms with E-state index < -0.39 is 9.84 Å². The molecule has 1 aromatic carbocycles. The summed E-state index contributed by atoms with van der Waals surface area (Å²) >= 11 is 0. The van der Waals surface area contributed by atoms with Gasteiger partial charge >= 0.3 is 0 Å². The third-order valence-corrected chi connectivity index (χ3v) is 5.46. The van der Waals surface area contributed by atoms with Crippen LogP contribution in [0.2, 0.25) is 0 Å². The molecule has 1 fully saturated rings. The molecule has 0 spiro atoms. The minimum absolute atomic E-state index is 0.0542. The van der Waals surface area contributed by atoms with Crippen molar-refractivity contribution in [2.45, 2.75) is 4.90 Å². The Kier molecular flexibility index (Phi) is 4.25. The van der Waals surface area contributed by atoms with E-state index in [1.54, 1.807) is 23.0 Å². The van der Waals surface area contributed by atoms with E-state index >= 15 is 0 Å². The van der Waals surface area contributed by atoms with Crippen LogP contribution in [0, 0.1) is 11.3 Å². The first-order chi connectivity index (χ1) is 13.0. The van der Waals surface area contributed by atoms with Crippen molar-refractivity contribution in [2.75, 3.05) is 37.5 Å². The van der Waals surface area contributed by atoms with Crippen LogP contribution in [0.25, 0.3) is 16.9 Å². The first kappa shape index (κ1) is 17.4. The summed E-state index contributed by atoms with van der Waals surface area (Å²) < 4.78 is 30.4. The average Bonchev–Trinajstić information content (AvgIpc) is 3.11. The molecule has 3 aromatic rings. The monoisotopic (exact) mass is 384 g/mol. The molecular formula is C17H16N6O3S. The molecule has 0 bridgehead atoms. The molecule has 10 heteroatoms. The van der Waals surface area contributed by atoms with E-state index in [2.05, 4.69) is 15.0 Å². The van der Waals surface area contributed by atoms with Gasteiger partial charge < -0.3 is 9.64 Å². The number of nitriles is 1. The fourth-order valence-electron chi connectivity index (χ4n) is 2.97. The van der Waals surface area contributed by atoms with E-state index in [1.165, 1.54) is 12.1 Å². The fraction of sp³-hybridized carbons (Fsp3) is 0.294. The number of anilines is 1. The predicted octanol–water partition coefficient (Wildman–Crippen LogP) is 0.927. The summed E-state index contributed by atoms with van der Waals surface area (Å²) in [5.74, 6) is 0.657. The van der Waals surface area contributed by atoms with Gasteiger partial charge in [0.05, 0.1) is 18.1 Å². The van der Waals surface area contributed by atoms with Crippen LogP contribution in [0.3, 0.4) is 0 Å². The van der Waals surface area contributed by atoms with Crippen molar-refractivity contribution >= 4 is 26.8 Å². The van der Waals surface area contributed by atoms with Gasteiger partial charge in [-0.3, -0.25) is 4.57 Å². The minimum atomic E-state index is -3.27. The molecule has 1 aliphatic rings. The van der Waals surface area contributed by atoms with Crippen LogP contribution in [0.5, 0.6) is 0 Å². The molecule has 138 valence electrons. The zero-order valence-corrected chi connectivity index (χ0v) is 15.3. The number of imidazole rings is 1. The number of sulfone groups is 1. The van der Waals surface area contributed by atoms with E-state index in [0.29, 0.717) is 49.0 Å². The second-order valence-electron chi connectivity index (χ2n) is 6.13. The van der Waals surface area contributed by atoms with E-state index in [0.717, 1.165) is 6.26 Å². The summed E-state index contributed by atoms with van der Waals surface area (Å²) in [7, 11) is -3.27. The third kappa shape index (κ3) is 3.22.